The molecular formula is C25H27BrN4O5. The number of nitrogens with zero attached hydrogens (tertiary/aromatic N) is 3. The first kappa shape index (κ1) is 24.7. The van der Waals surface area contributed by atoms with Crippen LogP contribution in [0.3, 0.4) is 0 Å². The van der Waals surface area contributed by atoms with Crippen molar-refractivity contribution in [3.63, 3.8) is 0 Å². The highest BCUT2D eigenvalue weighted by molar-refractivity contribution is 9.10. The van der Waals surface area contributed by atoms with Gasteiger partial charge in [-0.3, -0.25) is 14.6 Å². The number of piperidine rings is 1. The van der Waals surface area contributed by atoms with Gasteiger partial charge in [0.1, 0.15) is 17.2 Å². The first-order valence-corrected chi connectivity index (χ1v) is 12.1. The number of nitrogens with one attached hydrogen (secondary N) is 1. The van der Waals surface area contributed by atoms with E-state index in [0.29, 0.717) is 41.9 Å². The van der Waals surface area contributed by atoms with E-state index in [1.807, 2.05) is 13.8 Å². The van der Waals surface area contributed by atoms with Gasteiger partial charge in [-0.2, -0.15) is 9.78 Å². The Kier molecular flexibility index (Phi) is 7.11. The zero-order valence-corrected chi connectivity index (χ0v) is 21.6. The maximum absolute atomic E-state index is 13.0. The monoisotopic (exact) mass is 542 g/mol. The fourth-order valence-corrected chi connectivity index (χ4v) is 4.64. The average molecular weight is 543 g/mol. The topological polar surface area (TPSA) is 107 Å². The van der Waals surface area contributed by atoms with Crippen LogP contribution in [-0.4, -0.2) is 45.8 Å². The molecular weight excluding hydrogens is 516 g/mol. The van der Waals surface area contributed by atoms with Gasteiger partial charge in [0, 0.05) is 13.1 Å². The summed E-state index contributed by atoms with van der Waals surface area (Å²) in [5, 5.41) is 4.17. The van der Waals surface area contributed by atoms with E-state index in [9.17, 15) is 14.4 Å². The summed E-state index contributed by atoms with van der Waals surface area (Å²) in [7, 11) is 1.59. The van der Waals surface area contributed by atoms with E-state index < -0.39 is 17.2 Å². The van der Waals surface area contributed by atoms with E-state index >= 15 is 0 Å². The molecule has 1 saturated heterocycles. The quantitative estimate of drug-likeness (QED) is 0.522. The lowest BCUT2D eigenvalue weighted by Crippen LogP contribution is -2.43. The van der Waals surface area contributed by atoms with Crippen molar-refractivity contribution in [1.82, 2.24) is 19.7 Å². The van der Waals surface area contributed by atoms with Crippen molar-refractivity contribution < 1.29 is 14.3 Å². The van der Waals surface area contributed by atoms with Gasteiger partial charge in [0.15, 0.2) is 0 Å². The molecule has 35 heavy (non-hydrogen) atoms. The third-order valence-electron chi connectivity index (χ3n) is 6.13. The Morgan fingerprint density at radius 1 is 1.11 bits per heavy atom. The van der Waals surface area contributed by atoms with Crippen molar-refractivity contribution in [2.24, 2.45) is 5.92 Å². The van der Waals surface area contributed by atoms with Crippen LogP contribution in [0.15, 0.2) is 44.4 Å². The fourth-order valence-electron chi connectivity index (χ4n) is 4.12. The van der Waals surface area contributed by atoms with E-state index in [1.54, 1.807) is 42.3 Å². The van der Waals surface area contributed by atoms with E-state index in [1.165, 1.54) is 0 Å². The number of likely N-dealkylation sites (tertiary alicyclic amines) is 1. The van der Waals surface area contributed by atoms with Crippen molar-refractivity contribution in [3.8, 4) is 22.9 Å². The van der Waals surface area contributed by atoms with Crippen LogP contribution in [-0.2, 0) is 0 Å². The summed E-state index contributed by atoms with van der Waals surface area (Å²) < 4.78 is 13.2. The third-order valence-corrected chi connectivity index (χ3v) is 6.75. The number of rotatable bonds is 5. The van der Waals surface area contributed by atoms with E-state index in [0.717, 1.165) is 33.1 Å². The summed E-state index contributed by atoms with van der Waals surface area (Å²) in [6, 6.07) is 8.85. The summed E-state index contributed by atoms with van der Waals surface area (Å²) in [6.45, 7) is 6.96. The summed E-state index contributed by atoms with van der Waals surface area (Å²) >= 11 is 3.45. The second kappa shape index (κ2) is 10.1. The van der Waals surface area contributed by atoms with Crippen LogP contribution in [0.2, 0.25) is 0 Å². The lowest BCUT2D eigenvalue weighted by molar-refractivity contribution is 0.0686. The number of hydrogen-bond donors (Lipinski definition) is 1. The van der Waals surface area contributed by atoms with Crippen molar-refractivity contribution in [3.05, 3.63) is 72.5 Å². The minimum atomic E-state index is -0.784. The van der Waals surface area contributed by atoms with E-state index in [2.05, 4.69) is 32.9 Å². The molecule has 4 rings (SSSR count). The molecule has 1 aromatic heterocycles. The number of hydrogen-bond acceptors (Lipinski definition) is 6. The van der Waals surface area contributed by atoms with Crippen LogP contribution in [0.1, 0.15) is 41.4 Å². The molecule has 0 unspecified atom stereocenters. The molecule has 1 aliphatic heterocycles. The predicted octanol–water partition coefficient (Wildman–Crippen LogP) is 3.97. The molecule has 1 aliphatic rings. The van der Waals surface area contributed by atoms with Crippen LogP contribution in [0.25, 0.3) is 5.69 Å². The van der Waals surface area contributed by atoms with Gasteiger partial charge < -0.3 is 14.4 Å². The summed E-state index contributed by atoms with van der Waals surface area (Å²) in [5.41, 5.74) is 0.136. The van der Waals surface area contributed by atoms with E-state index in [4.69, 9.17) is 9.47 Å². The smallest absolute Gasteiger partial charge is 0.349 e. The van der Waals surface area contributed by atoms with Crippen molar-refractivity contribution in [1.29, 1.82) is 0 Å². The molecule has 9 nitrogen and oxygen atoms in total. The first-order chi connectivity index (χ1) is 16.7. The van der Waals surface area contributed by atoms with Crippen LogP contribution < -0.4 is 20.7 Å². The highest BCUT2D eigenvalue weighted by Gasteiger charge is 2.26. The zero-order chi connectivity index (χ0) is 25.3. The number of aromatic nitrogens is 3. The van der Waals surface area contributed by atoms with Crippen molar-refractivity contribution in [2.45, 2.75) is 33.6 Å². The molecule has 0 saturated carbocycles. The minimum absolute atomic E-state index is 0.294. The highest BCUT2D eigenvalue weighted by atomic mass is 79.9. The van der Waals surface area contributed by atoms with Gasteiger partial charge in [-0.1, -0.05) is 6.92 Å². The van der Waals surface area contributed by atoms with Gasteiger partial charge in [-0.15, -0.1) is 0 Å². The van der Waals surface area contributed by atoms with Gasteiger partial charge in [0.2, 0.25) is 5.69 Å². The molecule has 184 valence electrons. The number of amides is 1. The number of halogens is 1. The van der Waals surface area contributed by atoms with Crippen LogP contribution in [0.5, 0.6) is 17.2 Å². The number of ether oxygens (including phenoxy) is 2. The number of carbonyl (C=O) groups is 1. The Balaban J connectivity index is 1.67. The fraction of sp³-hybridized carbons (Fsp3) is 0.360. The second-order valence-corrected chi connectivity index (χ2v) is 9.66. The lowest BCUT2D eigenvalue weighted by atomic mass is 9.99. The number of H-pyrrole nitrogens is 1. The Bertz CT molecular complexity index is 1370. The van der Waals surface area contributed by atoms with Gasteiger partial charge >= 0.3 is 5.69 Å². The molecule has 1 amide bonds. The summed E-state index contributed by atoms with van der Waals surface area (Å²) in [6.07, 6.45) is 1.74. The van der Waals surface area contributed by atoms with Gasteiger partial charge in [-0.25, -0.2) is 4.79 Å². The Hall–Kier alpha value is -3.40. The van der Waals surface area contributed by atoms with Crippen molar-refractivity contribution in [2.75, 3.05) is 20.2 Å². The molecule has 2 heterocycles. The first-order valence-electron chi connectivity index (χ1n) is 11.3. The molecule has 1 fully saturated rings. The molecule has 10 heteroatoms. The molecule has 2 aromatic carbocycles. The normalized spacial score (nSPS) is 14.1. The Labute approximate surface area is 210 Å². The molecule has 0 atom stereocenters. The van der Waals surface area contributed by atoms with Gasteiger partial charge in [0.25, 0.3) is 11.5 Å². The Morgan fingerprint density at radius 2 is 1.77 bits per heavy atom. The maximum Gasteiger partial charge on any atom is 0.349 e. The largest absolute Gasteiger partial charge is 0.496 e. The highest BCUT2D eigenvalue weighted by Crippen LogP contribution is 2.34. The molecule has 0 bridgehead atoms. The summed E-state index contributed by atoms with van der Waals surface area (Å²) in [4.78, 5) is 41.9. The van der Waals surface area contributed by atoms with E-state index in [-0.39, 0.29) is 5.69 Å². The lowest BCUT2D eigenvalue weighted by Gasteiger charge is -2.29. The standard InChI is InChI=1S/C25H27BrN4O5/c1-14-7-9-29(10-8-14)24(32)21-23(31)27-25(33)30(28-21)17-11-15(2)22(16(3)12-17)35-18-5-6-20(34-4)19(26)13-18/h5-6,11-14H,7-10H2,1-4H3,(H,27,31,33). The van der Waals surface area contributed by atoms with Gasteiger partial charge in [0.05, 0.1) is 17.3 Å². The van der Waals surface area contributed by atoms with Crippen LogP contribution in [0.4, 0.5) is 0 Å². The maximum atomic E-state index is 13.0. The SMILES string of the molecule is COc1ccc(Oc2c(C)cc(-n3nc(C(=O)N4CCC(C)CC4)c(=O)[nH]c3=O)cc2C)cc1Br. The zero-order valence-electron chi connectivity index (χ0n) is 20.1. The molecule has 0 aliphatic carbocycles. The number of aryl methyl sites for hydroxylation is 2. The van der Waals surface area contributed by atoms with Crippen LogP contribution >= 0.6 is 15.9 Å². The molecule has 0 radical (unpaired) electrons. The molecule has 1 N–H and O–H groups in total. The van der Waals surface area contributed by atoms with Crippen LogP contribution in [0, 0.1) is 19.8 Å². The third kappa shape index (κ3) is 5.17. The Morgan fingerprint density at radius 3 is 2.37 bits per heavy atom. The predicted molar refractivity (Wildman–Crippen MR) is 135 cm³/mol. The second-order valence-electron chi connectivity index (χ2n) is 8.80. The minimum Gasteiger partial charge on any atom is -0.496 e. The number of methoxy groups -OCH3 is 1. The average Bonchev–Trinajstić information content (AvgIpc) is 2.81. The number of carbonyl (C=O) groups excluding carboxylic acids is 1. The summed E-state index contributed by atoms with van der Waals surface area (Å²) in [5.74, 6) is 1.99. The molecule has 0 spiro atoms. The van der Waals surface area contributed by atoms with Gasteiger partial charge in [-0.05, 0) is 90.0 Å². The number of aromatic amines is 1. The number of benzene rings is 2. The van der Waals surface area contributed by atoms with Crippen molar-refractivity contribution >= 4 is 21.8 Å². The molecule has 3 aromatic rings.